The van der Waals surface area contributed by atoms with Crippen molar-refractivity contribution < 1.29 is 19.4 Å². The van der Waals surface area contributed by atoms with E-state index in [1.165, 1.54) is 11.1 Å². The monoisotopic (exact) mass is 445 g/mol. The molecule has 0 radical (unpaired) electrons. The van der Waals surface area contributed by atoms with E-state index in [0.29, 0.717) is 24.7 Å². The third kappa shape index (κ3) is 7.23. The topological polar surface area (TPSA) is 67.8 Å². The fourth-order valence-corrected chi connectivity index (χ4v) is 4.22. The first-order chi connectivity index (χ1) is 15.1. The first kappa shape index (κ1) is 23.6. The number of hydrogen-bond donors (Lipinski definition) is 2. The molecule has 0 bridgehead atoms. The zero-order chi connectivity index (χ0) is 22.1. The molecular formula is C25H32ClNO4. The molecule has 6 heteroatoms. The number of aliphatic hydroxyl groups excluding tert-OH is 1. The van der Waals surface area contributed by atoms with Gasteiger partial charge < -0.3 is 19.9 Å². The van der Waals surface area contributed by atoms with E-state index in [1.54, 1.807) is 0 Å². The molecule has 0 heterocycles. The Bertz CT molecular complexity index is 857. The van der Waals surface area contributed by atoms with Gasteiger partial charge in [0.25, 0.3) is 0 Å². The highest BCUT2D eigenvalue weighted by Crippen LogP contribution is 2.27. The lowest BCUT2D eigenvalue weighted by molar-refractivity contribution is -0.143. The van der Waals surface area contributed by atoms with Crippen LogP contribution < -0.4 is 10.1 Å². The molecule has 2 N–H and O–H groups in total. The maximum atomic E-state index is 11.4. The van der Waals surface area contributed by atoms with E-state index in [9.17, 15) is 9.90 Å². The second-order valence-corrected chi connectivity index (χ2v) is 8.37. The zero-order valence-electron chi connectivity index (χ0n) is 18.1. The Balaban J connectivity index is 1.51. The van der Waals surface area contributed by atoms with Gasteiger partial charge in [0, 0.05) is 17.5 Å². The fraction of sp³-hybridized carbons (Fsp3) is 0.480. The summed E-state index contributed by atoms with van der Waals surface area (Å²) >= 11 is 6.12. The van der Waals surface area contributed by atoms with E-state index in [0.717, 1.165) is 43.4 Å². The number of fused-ring (bicyclic) bond motifs is 1. The molecule has 1 aliphatic carbocycles. The van der Waals surface area contributed by atoms with Gasteiger partial charge in [-0.25, -0.2) is 0 Å². The minimum absolute atomic E-state index is 0.0264. The normalized spacial score (nSPS) is 16.4. The number of hydrogen-bond acceptors (Lipinski definition) is 5. The van der Waals surface area contributed by atoms with Gasteiger partial charge in [-0.15, -0.1) is 0 Å². The summed E-state index contributed by atoms with van der Waals surface area (Å²) < 4.78 is 10.8. The molecule has 0 spiro atoms. The third-order valence-electron chi connectivity index (χ3n) is 5.63. The molecule has 0 aliphatic heterocycles. The highest BCUT2D eigenvalue weighted by Gasteiger charge is 2.22. The van der Waals surface area contributed by atoms with Gasteiger partial charge in [-0.1, -0.05) is 29.8 Å². The Kier molecular flexibility index (Phi) is 9.19. The van der Waals surface area contributed by atoms with Crippen molar-refractivity contribution in [3.63, 3.8) is 0 Å². The quantitative estimate of drug-likeness (QED) is 0.390. The summed E-state index contributed by atoms with van der Waals surface area (Å²) in [6.45, 7) is 2.86. The number of nitrogens with one attached hydrogen (secondary N) is 1. The van der Waals surface area contributed by atoms with Crippen molar-refractivity contribution in [2.24, 2.45) is 0 Å². The zero-order valence-corrected chi connectivity index (χ0v) is 18.9. The lowest BCUT2D eigenvalue weighted by Crippen LogP contribution is -2.38. The molecule has 2 atom stereocenters. The van der Waals surface area contributed by atoms with Gasteiger partial charge in [0.15, 0.2) is 0 Å². The number of aliphatic hydroxyl groups is 1. The van der Waals surface area contributed by atoms with Crippen molar-refractivity contribution in [2.45, 2.75) is 57.5 Å². The summed E-state index contributed by atoms with van der Waals surface area (Å²) in [4.78, 5) is 11.4. The first-order valence-electron chi connectivity index (χ1n) is 11.1. The van der Waals surface area contributed by atoms with Crippen molar-refractivity contribution in [1.82, 2.24) is 5.32 Å². The van der Waals surface area contributed by atoms with Crippen LogP contribution in [0.5, 0.6) is 5.75 Å². The van der Waals surface area contributed by atoms with Gasteiger partial charge in [0.05, 0.1) is 25.9 Å². The average Bonchev–Trinajstić information content (AvgIpc) is 2.77. The molecule has 1 aliphatic rings. The highest BCUT2D eigenvalue weighted by molar-refractivity contribution is 6.30. The molecule has 0 aromatic heterocycles. The molecule has 2 aromatic carbocycles. The summed E-state index contributed by atoms with van der Waals surface area (Å²) in [6.07, 6.45) is 4.94. The summed E-state index contributed by atoms with van der Waals surface area (Å²) in [5.41, 5.74) is 3.65. The average molecular weight is 446 g/mol. The molecule has 0 saturated heterocycles. The van der Waals surface area contributed by atoms with Crippen LogP contribution in [0.1, 0.15) is 55.3 Å². The molecule has 0 amide bonds. The van der Waals surface area contributed by atoms with Crippen LogP contribution in [0.3, 0.4) is 0 Å². The molecule has 168 valence electrons. The van der Waals surface area contributed by atoms with Gasteiger partial charge in [-0.3, -0.25) is 4.79 Å². The lowest BCUT2D eigenvalue weighted by atomic mass is 9.87. The van der Waals surface area contributed by atoms with E-state index in [2.05, 4.69) is 17.4 Å². The number of unbranched alkanes of at least 4 members (excludes halogenated alkanes) is 1. The minimum atomic E-state index is -0.145. The van der Waals surface area contributed by atoms with E-state index >= 15 is 0 Å². The van der Waals surface area contributed by atoms with Crippen LogP contribution in [0.15, 0.2) is 42.5 Å². The van der Waals surface area contributed by atoms with Gasteiger partial charge in [0.2, 0.25) is 0 Å². The van der Waals surface area contributed by atoms with Crippen molar-refractivity contribution >= 4 is 17.6 Å². The van der Waals surface area contributed by atoms with Crippen LogP contribution >= 0.6 is 11.6 Å². The number of aryl methyl sites for hydroxylation is 1. The Morgan fingerprint density at radius 2 is 2.10 bits per heavy atom. The van der Waals surface area contributed by atoms with Crippen molar-refractivity contribution in [2.75, 3.05) is 19.8 Å². The lowest BCUT2D eigenvalue weighted by Gasteiger charge is -2.30. The summed E-state index contributed by atoms with van der Waals surface area (Å²) in [7, 11) is 0. The van der Waals surface area contributed by atoms with Crippen LogP contribution in [0, 0.1) is 0 Å². The number of carbonyl (C=O) groups excluding carboxylic acids is 1. The van der Waals surface area contributed by atoms with E-state index < -0.39 is 0 Å². The Labute approximate surface area is 189 Å². The fourth-order valence-electron chi connectivity index (χ4n) is 4.02. The summed E-state index contributed by atoms with van der Waals surface area (Å²) in [5, 5.41) is 14.2. The molecule has 5 nitrogen and oxygen atoms in total. The number of benzene rings is 2. The Morgan fingerprint density at radius 3 is 2.87 bits per heavy atom. The third-order valence-corrected chi connectivity index (χ3v) is 5.86. The van der Waals surface area contributed by atoms with Crippen LogP contribution in [-0.2, 0) is 22.4 Å². The highest BCUT2D eigenvalue weighted by atomic mass is 35.5. The molecular weight excluding hydrogens is 414 g/mol. The predicted molar refractivity (Wildman–Crippen MR) is 123 cm³/mol. The Hall–Kier alpha value is -2.08. The van der Waals surface area contributed by atoms with Crippen LogP contribution in [0.2, 0.25) is 5.02 Å². The number of carbonyl (C=O) groups is 1. The smallest absolute Gasteiger partial charge is 0.305 e. The maximum absolute atomic E-state index is 11.4. The first-order valence-corrected chi connectivity index (χ1v) is 11.5. The van der Waals surface area contributed by atoms with E-state index in [1.807, 2.05) is 37.3 Å². The maximum Gasteiger partial charge on any atom is 0.305 e. The van der Waals surface area contributed by atoms with Gasteiger partial charge in [-0.2, -0.15) is 0 Å². The molecule has 0 saturated carbocycles. The predicted octanol–water partition coefficient (Wildman–Crippen LogP) is 4.63. The number of esters is 1. The molecule has 2 unspecified atom stereocenters. The number of ether oxygens (including phenoxy) is 2. The number of rotatable bonds is 11. The van der Waals surface area contributed by atoms with Crippen LogP contribution in [-0.4, -0.2) is 36.9 Å². The SMILES string of the molecule is CCOC(=O)CCCCOc1ccc2c(c1)CC(NC(CO)c1cccc(Cl)c1)CC2. The van der Waals surface area contributed by atoms with Gasteiger partial charge in [0.1, 0.15) is 5.75 Å². The van der Waals surface area contributed by atoms with Gasteiger partial charge >= 0.3 is 5.97 Å². The van der Waals surface area contributed by atoms with Crippen molar-refractivity contribution in [3.8, 4) is 5.75 Å². The molecule has 0 fully saturated rings. The summed E-state index contributed by atoms with van der Waals surface area (Å²) in [6, 6.07) is 14.1. The van der Waals surface area contributed by atoms with Crippen LogP contribution in [0.25, 0.3) is 0 Å². The minimum Gasteiger partial charge on any atom is -0.494 e. The Morgan fingerprint density at radius 1 is 1.23 bits per heavy atom. The molecule has 2 aromatic rings. The van der Waals surface area contributed by atoms with E-state index in [-0.39, 0.29) is 24.7 Å². The van der Waals surface area contributed by atoms with Crippen molar-refractivity contribution in [3.05, 3.63) is 64.2 Å². The number of halogens is 1. The second kappa shape index (κ2) is 12.1. The van der Waals surface area contributed by atoms with Crippen LogP contribution in [0.4, 0.5) is 0 Å². The van der Waals surface area contributed by atoms with Crippen molar-refractivity contribution in [1.29, 1.82) is 0 Å². The summed E-state index contributed by atoms with van der Waals surface area (Å²) in [5.74, 6) is 0.720. The van der Waals surface area contributed by atoms with E-state index in [4.69, 9.17) is 21.1 Å². The molecule has 31 heavy (non-hydrogen) atoms. The molecule has 3 rings (SSSR count). The standard InChI is InChI=1S/C25H32ClNO4/c1-2-30-25(29)8-3-4-13-31-23-12-10-18-9-11-22(15-20(18)16-23)27-24(17-28)19-6-5-7-21(26)14-19/h5-7,10,12,14,16,22,24,27-28H,2-4,8-9,11,13,15,17H2,1H3. The second-order valence-electron chi connectivity index (χ2n) is 7.94. The van der Waals surface area contributed by atoms with Gasteiger partial charge in [-0.05, 0) is 80.0 Å². The largest absolute Gasteiger partial charge is 0.494 e.